The molecule has 8 nitrogen and oxygen atoms in total. The monoisotopic (exact) mass is 274 g/mol. The molecule has 0 spiro atoms. The zero-order chi connectivity index (χ0) is 14.9. The second kappa shape index (κ2) is 4.84. The topological polar surface area (TPSA) is 138 Å². The van der Waals surface area contributed by atoms with Gasteiger partial charge in [-0.25, -0.2) is 0 Å². The van der Waals surface area contributed by atoms with Crippen molar-refractivity contribution in [1.29, 1.82) is 0 Å². The predicted octanol–water partition coefficient (Wildman–Crippen LogP) is 2.33. The molecule has 8 heteroatoms. The Morgan fingerprint density at radius 3 is 2.10 bits per heavy atom. The zero-order valence-electron chi connectivity index (χ0n) is 10.1. The van der Waals surface area contributed by atoms with Crippen molar-refractivity contribution >= 4 is 22.7 Å². The number of nitrogen functional groups attached to an aromatic ring is 2. The highest BCUT2D eigenvalue weighted by Crippen LogP contribution is 2.41. The lowest BCUT2D eigenvalue weighted by molar-refractivity contribution is -0.421. The zero-order valence-corrected chi connectivity index (χ0v) is 10.1. The fourth-order valence-electron chi connectivity index (χ4n) is 1.91. The van der Waals surface area contributed by atoms with Crippen molar-refractivity contribution < 1.29 is 9.85 Å². The Morgan fingerprint density at radius 1 is 0.900 bits per heavy atom. The molecular weight excluding hydrogens is 264 g/mol. The molecule has 0 fully saturated rings. The molecule has 2 aromatic carbocycles. The fourth-order valence-corrected chi connectivity index (χ4v) is 1.91. The maximum absolute atomic E-state index is 11.2. The summed E-state index contributed by atoms with van der Waals surface area (Å²) < 4.78 is 0. The highest BCUT2D eigenvalue weighted by atomic mass is 16.6. The molecule has 2 rings (SSSR count). The predicted molar refractivity (Wildman–Crippen MR) is 74.0 cm³/mol. The van der Waals surface area contributed by atoms with Gasteiger partial charge in [-0.3, -0.25) is 20.2 Å². The Morgan fingerprint density at radius 2 is 1.55 bits per heavy atom. The third-order valence-corrected chi connectivity index (χ3v) is 2.75. The minimum absolute atomic E-state index is 0.100. The van der Waals surface area contributed by atoms with Gasteiger partial charge >= 0.3 is 11.4 Å². The van der Waals surface area contributed by atoms with Crippen LogP contribution in [0.5, 0.6) is 0 Å². The summed E-state index contributed by atoms with van der Waals surface area (Å²) in [6, 6.07) is 8.94. The van der Waals surface area contributed by atoms with E-state index in [4.69, 9.17) is 11.5 Å². The van der Waals surface area contributed by atoms with Gasteiger partial charge in [0.05, 0.1) is 15.4 Å². The van der Waals surface area contributed by atoms with Crippen molar-refractivity contribution in [3.8, 4) is 11.1 Å². The van der Waals surface area contributed by atoms with Crippen LogP contribution in [0.15, 0.2) is 36.4 Å². The smallest absolute Gasteiger partial charge is 0.369 e. The lowest BCUT2D eigenvalue weighted by Crippen LogP contribution is -2.03. The van der Waals surface area contributed by atoms with Crippen LogP contribution in [0.3, 0.4) is 0 Å². The highest BCUT2D eigenvalue weighted by molar-refractivity contribution is 5.85. The molecule has 0 bridgehead atoms. The van der Waals surface area contributed by atoms with Crippen LogP contribution < -0.4 is 11.5 Å². The first-order chi connectivity index (χ1) is 9.41. The molecular formula is C12H10N4O4. The van der Waals surface area contributed by atoms with Crippen LogP contribution in [-0.4, -0.2) is 9.85 Å². The van der Waals surface area contributed by atoms with Gasteiger partial charge < -0.3 is 11.5 Å². The first kappa shape index (κ1) is 13.3. The van der Waals surface area contributed by atoms with Crippen molar-refractivity contribution in [3.63, 3.8) is 0 Å². The van der Waals surface area contributed by atoms with Crippen molar-refractivity contribution in [2.24, 2.45) is 0 Å². The van der Waals surface area contributed by atoms with E-state index in [9.17, 15) is 20.2 Å². The van der Waals surface area contributed by atoms with Crippen LogP contribution >= 0.6 is 0 Å². The maximum Gasteiger partial charge on any atom is 0.369 e. The van der Waals surface area contributed by atoms with E-state index >= 15 is 0 Å². The van der Waals surface area contributed by atoms with Crippen molar-refractivity contribution in [3.05, 3.63) is 56.6 Å². The van der Waals surface area contributed by atoms with Crippen molar-refractivity contribution in [1.82, 2.24) is 0 Å². The molecule has 0 aliphatic heterocycles. The average Bonchev–Trinajstić information content (AvgIpc) is 2.37. The molecule has 102 valence electrons. The lowest BCUT2D eigenvalue weighted by atomic mass is 10.0. The molecule has 4 N–H and O–H groups in total. The molecule has 0 saturated heterocycles. The quantitative estimate of drug-likeness (QED) is 0.500. The summed E-state index contributed by atoms with van der Waals surface area (Å²) in [7, 11) is 0. The van der Waals surface area contributed by atoms with Gasteiger partial charge in [-0.15, -0.1) is 0 Å². The number of rotatable bonds is 3. The third-order valence-electron chi connectivity index (χ3n) is 2.75. The molecule has 0 aromatic heterocycles. The number of hydrogen-bond donors (Lipinski definition) is 2. The van der Waals surface area contributed by atoms with Crippen molar-refractivity contribution in [2.75, 3.05) is 11.5 Å². The van der Waals surface area contributed by atoms with E-state index in [1.165, 1.54) is 18.2 Å². The number of benzene rings is 2. The molecule has 0 radical (unpaired) electrons. The molecule has 0 heterocycles. The van der Waals surface area contributed by atoms with Crippen LogP contribution in [0.1, 0.15) is 0 Å². The molecule has 0 aliphatic rings. The van der Waals surface area contributed by atoms with E-state index in [1.54, 1.807) is 18.2 Å². The Labute approximate surface area is 112 Å². The SMILES string of the molecule is Nc1cccc(-c2ccc(N)c([N+](=O)[O-])c2[N+](=O)[O-])c1. The van der Waals surface area contributed by atoms with Gasteiger partial charge in [0.15, 0.2) is 0 Å². The number of hydrogen-bond acceptors (Lipinski definition) is 6. The van der Waals surface area contributed by atoms with Gasteiger partial charge in [0.2, 0.25) is 0 Å². The summed E-state index contributed by atoms with van der Waals surface area (Å²) in [4.78, 5) is 20.5. The Hall–Kier alpha value is -3.16. The van der Waals surface area contributed by atoms with Crippen LogP contribution in [0.4, 0.5) is 22.7 Å². The lowest BCUT2D eigenvalue weighted by Gasteiger charge is -2.06. The van der Waals surface area contributed by atoms with Gasteiger partial charge in [0.1, 0.15) is 5.69 Å². The normalized spacial score (nSPS) is 10.2. The molecule has 0 aliphatic carbocycles. The minimum Gasteiger partial charge on any atom is -0.399 e. The summed E-state index contributed by atoms with van der Waals surface area (Å²) in [6.45, 7) is 0. The first-order valence-electron chi connectivity index (χ1n) is 5.49. The first-order valence-corrected chi connectivity index (χ1v) is 5.49. The number of nitro benzene ring substituents is 2. The third kappa shape index (κ3) is 2.21. The molecule has 20 heavy (non-hydrogen) atoms. The number of nitrogens with two attached hydrogens (primary N) is 2. The number of nitro groups is 2. The van der Waals surface area contributed by atoms with Crippen LogP contribution in [0, 0.1) is 20.2 Å². The summed E-state index contributed by atoms with van der Waals surface area (Å²) in [5.74, 6) is 0. The summed E-state index contributed by atoms with van der Waals surface area (Å²) in [5.41, 5.74) is 10.4. The molecule has 0 unspecified atom stereocenters. The Bertz CT molecular complexity index is 715. The van der Waals surface area contributed by atoms with Crippen LogP contribution in [0.25, 0.3) is 11.1 Å². The van der Waals surface area contributed by atoms with E-state index in [1.807, 2.05) is 0 Å². The highest BCUT2D eigenvalue weighted by Gasteiger charge is 2.32. The second-order valence-corrected chi connectivity index (χ2v) is 4.04. The van der Waals surface area contributed by atoms with Gasteiger partial charge in [-0.1, -0.05) is 12.1 Å². The Balaban J connectivity index is 2.80. The Kier molecular flexibility index (Phi) is 3.21. The van der Waals surface area contributed by atoms with Gasteiger partial charge in [-0.2, -0.15) is 0 Å². The van der Waals surface area contributed by atoms with E-state index in [0.29, 0.717) is 11.3 Å². The van der Waals surface area contributed by atoms with E-state index < -0.39 is 21.2 Å². The average molecular weight is 274 g/mol. The van der Waals surface area contributed by atoms with Crippen molar-refractivity contribution in [2.45, 2.75) is 0 Å². The minimum atomic E-state index is -0.858. The van der Waals surface area contributed by atoms with Gasteiger partial charge in [0.25, 0.3) is 0 Å². The molecule has 0 atom stereocenters. The van der Waals surface area contributed by atoms with Crippen LogP contribution in [0.2, 0.25) is 0 Å². The number of nitrogens with zero attached hydrogens (tertiary/aromatic N) is 2. The van der Waals surface area contributed by atoms with E-state index in [2.05, 4.69) is 0 Å². The van der Waals surface area contributed by atoms with E-state index in [0.717, 1.165) is 0 Å². The molecule has 2 aromatic rings. The number of anilines is 2. The molecule has 0 amide bonds. The maximum atomic E-state index is 11.2. The summed E-state index contributed by atoms with van der Waals surface area (Å²) in [6.07, 6.45) is 0. The summed E-state index contributed by atoms with van der Waals surface area (Å²) >= 11 is 0. The molecule has 0 saturated carbocycles. The van der Waals surface area contributed by atoms with Gasteiger partial charge in [-0.05, 0) is 29.8 Å². The van der Waals surface area contributed by atoms with E-state index in [-0.39, 0.29) is 11.3 Å². The fraction of sp³-hybridized carbons (Fsp3) is 0. The second-order valence-electron chi connectivity index (χ2n) is 4.04. The summed E-state index contributed by atoms with van der Waals surface area (Å²) in [5, 5.41) is 22.2. The van der Waals surface area contributed by atoms with Crippen LogP contribution in [-0.2, 0) is 0 Å². The largest absolute Gasteiger partial charge is 0.399 e. The van der Waals surface area contributed by atoms with Gasteiger partial charge in [0, 0.05) is 5.69 Å². The standard InChI is InChI=1S/C12H10N4O4/c13-8-3-1-2-7(6-8)9-4-5-10(14)12(16(19)20)11(9)15(17)18/h1-6H,13-14H2.